The number of anilines is 1. The Morgan fingerprint density at radius 3 is 2.90 bits per heavy atom. The molecule has 0 bridgehead atoms. The summed E-state index contributed by atoms with van der Waals surface area (Å²) in [5, 5.41) is 3.08. The van der Waals surface area contributed by atoms with Gasteiger partial charge in [0.15, 0.2) is 6.61 Å². The third-order valence-electron chi connectivity index (χ3n) is 4.19. The highest BCUT2D eigenvalue weighted by Crippen LogP contribution is 2.32. The van der Waals surface area contributed by atoms with Crippen molar-refractivity contribution in [3.8, 4) is 5.75 Å². The Morgan fingerprint density at radius 1 is 1.38 bits per heavy atom. The summed E-state index contributed by atoms with van der Waals surface area (Å²) >= 11 is 0. The van der Waals surface area contributed by atoms with Crippen LogP contribution in [0, 0.1) is 0 Å². The van der Waals surface area contributed by atoms with Gasteiger partial charge in [-0.2, -0.15) is 0 Å². The van der Waals surface area contributed by atoms with Crippen LogP contribution in [0.3, 0.4) is 0 Å². The molecule has 0 radical (unpaired) electrons. The van der Waals surface area contributed by atoms with Crippen molar-refractivity contribution in [2.24, 2.45) is 0 Å². The molecule has 0 aromatic heterocycles. The Balaban J connectivity index is 1.68. The van der Waals surface area contributed by atoms with E-state index in [0.717, 1.165) is 24.1 Å². The Hall–Kier alpha value is -2.04. The van der Waals surface area contributed by atoms with E-state index in [2.05, 4.69) is 5.32 Å². The van der Waals surface area contributed by atoms with Crippen molar-refractivity contribution in [2.75, 3.05) is 18.6 Å². The molecule has 0 spiro atoms. The summed E-state index contributed by atoms with van der Waals surface area (Å²) in [7, 11) is 1.73. The van der Waals surface area contributed by atoms with E-state index in [1.54, 1.807) is 11.9 Å². The first kappa shape index (κ1) is 13.9. The topological polar surface area (TPSA) is 58.6 Å². The molecule has 0 saturated heterocycles. The molecule has 1 aromatic rings. The van der Waals surface area contributed by atoms with Crippen LogP contribution in [0.4, 0.5) is 5.69 Å². The maximum absolute atomic E-state index is 12.1. The molecular weight excluding hydrogens is 268 g/mol. The lowest BCUT2D eigenvalue weighted by Gasteiger charge is -2.26. The van der Waals surface area contributed by atoms with Crippen molar-refractivity contribution in [2.45, 2.75) is 38.1 Å². The van der Waals surface area contributed by atoms with Gasteiger partial charge >= 0.3 is 0 Å². The van der Waals surface area contributed by atoms with Crippen molar-refractivity contribution in [3.63, 3.8) is 0 Å². The minimum atomic E-state index is -0.0740. The van der Waals surface area contributed by atoms with Gasteiger partial charge in [-0.25, -0.2) is 0 Å². The first-order valence-corrected chi connectivity index (χ1v) is 7.45. The van der Waals surface area contributed by atoms with E-state index in [9.17, 15) is 9.59 Å². The van der Waals surface area contributed by atoms with Crippen molar-refractivity contribution in [3.05, 3.63) is 23.8 Å². The second kappa shape index (κ2) is 5.76. The number of ether oxygens (including phenoxy) is 1. The van der Waals surface area contributed by atoms with E-state index in [1.807, 2.05) is 18.2 Å². The standard InChI is InChI=1S/C16H20N2O3/c1-18-13-8-11(6-7-14(13)21-10-16(18)20)9-15(19)17-12-4-2-3-5-12/h6-8,12H,2-5,9-10H2,1H3,(H,17,19). The zero-order chi connectivity index (χ0) is 14.8. The number of hydrogen-bond donors (Lipinski definition) is 1. The number of nitrogens with one attached hydrogen (secondary N) is 1. The molecule has 0 unspecified atom stereocenters. The summed E-state index contributed by atoms with van der Waals surface area (Å²) in [5.41, 5.74) is 1.63. The molecule has 1 N–H and O–H groups in total. The quantitative estimate of drug-likeness (QED) is 0.920. The van der Waals surface area contributed by atoms with Gasteiger partial charge in [0.05, 0.1) is 12.1 Å². The van der Waals surface area contributed by atoms with Crippen LogP contribution in [0.15, 0.2) is 18.2 Å². The van der Waals surface area contributed by atoms with Gasteiger partial charge in [-0.15, -0.1) is 0 Å². The predicted octanol–water partition coefficient (Wildman–Crippen LogP) is 1.64. The maximum atomic E-state index is 12.1. The number of likely N-dealkylation sites (N-methyl/N-ethyl adjacent to an activating group) is 1. The number of hydrogen-bond acceptors (Lipinski definition) is 3. The third kappa shape index (κ3) is 3.01. The summed E-state index contributed by atoms with van der Waals surface area (Å²) < 4.78 is 5.38. The second-order valence-corrected chi connectivity index (χ2v) is 5.77. The molecule has 1 aliphatic heterocycles. The van der Waals surface area contributed by atoms with Crippen molar-refractivity contribution >= 4 is 17.5 Å². The van der Waals surface area contributed by atoms with Gasteiger partial charge < -0.3 is 15.0 Å². The van der Waals surface area contributed by atoms with Gasteiger partial charge in [-0.1, -0.05) is 18.9 Å². The average Bonchev–Trinajstić information content (AvgIpc) is 2.96. The summed E-state index contributed by atoms with van der Waals surface area (Å²) in [6.07, 6.45) is 4.91. The smallest absolute Gasteiger partial charge is 0.264 e. The Labute approximate surface area is 124 Å². The highest BCUT2D eigenvalue weighted by atomic mass is 16.5. The molecule has 5 heteroatoms. The summed E-state index contributed by atoms with van der Waals surface area (Å²) in [6, 6.07) is 5.91. The Morgan fingerprint density at radius 2 is 2.14 bits per heavy atom. The Kier molecular flexibility index (Phi) is 3.82. The molecule has 1 heterocycles. The van der Waals surface area contributed by atoms with Crippen LogP contribution >= 0.6 is 0 Å². The van der Waals surface area contributed by atoms with E-state index in [4.69, 9.17) is 4.74 Å². The van der Waals surface area contributed by atoms with Crippen LogP contribution in [-0.2, 0) is 16.0 Å². The van der Waals surface area contributed by atoms with E-state index < -0.39 is 0 Å². The fraction of sp³-hybridized carbons (Fsp3) is 0.500. The number of benzene rings is 1. The molecule has 1 fully saturated rings. The molecule has 21 heavy (non-hydrogen) atoms. The van der Waals surface area contributed by atoms with Gasteiger partial charge in [0.1, 0.15) is 5.75 Å². The highest BCUT2D eigenvalue weighted by Gasteiger charge is 2.23. The molecule has 2 amide bonds. The molecule has 112 valence electrons. The normalized spacial score (nSPS) is 18.3. The Bertz CT molecular complexity index is 565. The summed E-state index contributed by atoms with van der Waals surface area (Å²) in [6.45, 7) is 0.0744. The number of fused-ring (bicyclic) bond motifs is 1. The van der Waals surface area contributed by atoms with E-state index >= 15 is 0 Å². The minimum Gasteiger partial charge on any atom is -0.482 e. The molecule has 2 aliphatic rings. The van der Waals surface area contributed by atoms with Gasteiger partial charge in [-0.3, -0.25) is 9.59 Å². The number of carbonyl (C=O) groups excluding carboxylic acids is 2. The lowest BCUT2D eigenvalue weighted by Crippen LogP contribution is -2.36. The van der Waals surface area contributed by atoms with E-state index in [1.165, 1.54) is 12.8 Å². The fourth-order valence-electron chi connectivity index (χ4n) is 2.96. The van der Waals surface area contributed by atoms with Crippen LogP contribution in [0.2, 0.25) is 0 Å². The van der Waals surface area contributed by atoms with Gasteiger partial charge in [-0.05, 0) is 30.5 Å². The maximum Gasteiger partial charge on any atom is 0.264 e. The van der Waals surface area contributed by atoms with Crippen LogP contribution in [-0.4, -0.2) is 31.5 Å². The number of rotatable bonds is 3. The minimum absolute atomic E-state index is 0.0487. The average molecular weight is 288 g/mol. The molecule has 1 aromatic carbocycles. The predicted molar refractivity (Wildman–Crippen MR) is 79.4 cm³/mol. The monoisotopic (exact) mass is 288 g/mol. The third-order valence-corrected chi connectivity index (χ3v) is 4.19. The molecule has 1 saturated carbocycles. The van der Waals surface area contributed by atoms with Gasteiger partial charge in [0, 0.05) is 13.1 Å². The largest absolute Gasteiger partial charge is 0.482 e. The number of amides is 2. The van der Waals surface area contributed by atoms with Crippen LogP contribution in [0.5, 0.6) is 5.75 Å². The second-order valence-electron chi connectivity index (χ2n) is 5.77. The van der Waals surface area contributed by atoms with Gasteiger partial charge in [0.25, 0.3) is 5.91 Å². The highest BCUT2D eigenvalue weighted by molar-refractivity contribution is 5.97. The zero-order valence-corrected chi connectivity index (χ0v) is 12.2. The van der Waals surface area contributed by atoms with Crippen molar-refractivity contribution < 1.29 is 14.3 Å². The number of nitrogens with zero attached hydrogens (tertiary/aromatic N) is 1. The molecule has 3 rings (SSSR count). The van der Waals surface area contributed by atoms with E-state index in [0.29, 0.717) is 18.2 Å². The van der Waals surface area contributed by atoms with Crippen LogP contribution < -0.4 is 15.0 Å². The van der Waals surface area contributed by atoms with Crippen LogP contribution in [0.25, 0.3) is 0 Å². The van der Waals surface area contributed by atoms with Crippen molar-refractivity contribution in [1.29, 1.82) is 0 Å². The lowest BCUT2D eigenvalue weighted by atomic mass is 10.1. The molecular formula is C16H20N2O3. The van der Waals surface area contributed by atoms with E-state index in [-0.39, 0.29) is 18.4 Å². The fourth-order valence-corrected chi connectivity index (χ4v) is 2.96. The summed E-state index contributed by atoms with van der Waals surface area (Å²) in [4.78, 5) is 25.3. The molecule has 5 nitrogen and oxygen atoms in total. The summed E-state index contributed by atoms with van der Waals surface area (Å²) in [5.74, 6) is 0.666. The first-order chi connectivity index (χ1) is 10.1. The van der Waals surface area contributed by atoms with Gasteiger partial charge in [0.2, 0.25) is 5.91 Å². The number of carbonyl (C=O) groups is 2. The van der Waals surface area contributed by atoms with Crippen molar-refractivity contribution in [1.82, 2.24) is 5.32 Å². The molecule has 1 aliphatic carbocycles. The molecule has 0 atom stereocenters. The SMILES string of the molecule is CN1C(=O)COc2ccc(CC(=O)NC3CCCC3)cc21. The first-order valence-electron chi connectivity index (χ1n) is 7.45. The lowest BCUT2D eigenvalue weighted by molar-refractivity contribution is -0.121. The zero-order valence-electron chi connectivity index (χ0n) is 12.2. The van der Waals surface area contributed by atoms with Crippen LogP contribution in [0.1, 0.15) is 31.2 Å².